The van der Waals surface area contributed by atoms with Crippen LogP contribution in [-0.2, 0) is 42.7 Å². The third-order valence-electron chi connectivity index (χ3n) is 5.88. The van der Waals surface area contributed by atoms with Crippen molar-refractivity contribution in [3.8, 4) is 0 Å². The van der Waals surface area contributed by atoms with Gasteiger partial charge < -0.3 is 44.0 Å². The van der Waals surface area contributed by atoms with E-state index >= 15 is 0 Å². The predicted molar refractivity (Wildman–Crippen MR) is 115 cm³/mol. The molecule has 0 bridgehead atoms. The minimum Gasteiger partial charge on any atom is -0.463 e. The summed E-state index contributed by atoms with van der Waals surface area (Å²) < 4.78 is 39.9. The molecule has 0 unspecified atom stereocenters. The molecule has 0 aromatic carbocycles. The molecule has 36 heavy (non-hydrogen) atoms. The smallest absolute Gasteiger partial charge is 0.373 e. The lowest BCUT2D eigenvalue weighted by molar-refractivity contribution is -0.242. The van der Waals surface area contributed by atoms with Crippen molar-refractivity contribution in [3.63, 3.8) is 0 Å². The molecule has 1 aromatic heterocycles. The standard InChI is InChI=1S/C21H27N3O12/c1-21(2)35-8-7-9(18(28)31-4)32-19(12(8)36-21)34-15(16(22)27)14-13(30-3)11(26)17(33-14)24-6-5-10(25)23-20(24)29/h5-8,11-15,17,19,26H,1-4H3,(H2,22,27)(H,23,25,29)/t8-,11+,12-,13-,14-,15+,17+,19+/m0/s1. The van der Waals surface area contributed by atoms with E-state index in [1.807, 2.05) is 0 Å². The van der Waals surface area contributed by atoms with E-state index in [1.54, 1.807) is 13.8 Å². The fourth-order valence-electron chi connectivity index (χ4n) is 4.36. The lowest BCUT2D eigenvalue weighted by Crippen LogP contribution is -2.53. The summed E-state index contributed by atoms with van der Waals surface area (Å²) in [6.07, 6.45) is -7.56. The first-order valence-corrected chi connectivity index (χ1v) is 10.9. The normalized spacial score (nSPS) is 33.8. The number of hydrogen-bond acceptors (Lipinski definition) is 12. The van der Waals surface area contributed by atoms with Gasteiger partial charge in [-0.2, -0.15) is 0 Å². The Kier molecular flexibility index (Phi) is 7.05. The highest BCUT2D eigenvalue weighted by Gasteiger charge is 2.55. The molecule has 2 saturated heterocycles. The van der Waals surface area contributed by atoms with E-state index in [4.69, 9.17) is 38.9 Å². The maximum Gasteiger partial charge on any atom is 0.373 e. The van der Waals surface area contributed by atoms with Gasteiger partial charge in [-0.25, -0.2) is 9.59 Å². The number of aromatic amines is 1. The molecule has 0 aliphatic carbocycles. The summed E-state index contributed by atoms with van der Waals surface area (Å²) in [5, 5.41) is 10.8. The Hall–Kier alpha value is -3.08. The molecule has 3 aliphatic rings. The Bertz CT molecular complexity index is 1160. The van der Waals surface area contributed by atoms with Crippen LogP contribution in [0.3, 0.4) is 0 Å². The second-order valence-corrected chi connectivity index (χ2v) is 8.73. The van der Waals surface area contributed by atoms with Crippen molar-refractivity contribution in [1.29, 1.82) is 0 Å². The molecule has 4 heterocycles. The summed E-state index contributed by atoms with van der Waals surface area (Å²) in [5.41, 5.74) is 4.10. The molecule has 0 spiro atoms. The van der Waals surface area contributed by atoms with Gasteiger partial charge in [0.1, 0.15) is 24.4 Å². The minimum absolute atomic E-state index is 0.235. The fraction of sp³-hybridized carbons (Fsp3) is 0.619. The van der Waals surface area contributed by atoms with Crippen LogP contribution in [0.15, 0.2) is 33.7 Å². The van der Waals surface area contributed by atoms with Crippen LogP contribution in [0.5, 0.6) is 0 Å². The molecule has 15 heteroatoms. The summed E-state index contributed by atoms with van der Waals surface area (Å²) in [4.78, 5) is 50.4. The molecule has 198 valence electrons. The molecule has 3 aliphatic heterocycles. The highest BCUT2D eigenvalue weighted by Crippen LogP contribution is 2.38. The van der Waals surface area contributed by atoms with Crippen LogP contribution in [0.1, 0.15) is 20.1 Å². The van der Waals surface area contributed by atoms with Gasteiger partial charge in [0.2, 0.25) is 18.0 Å². The summed E-state index contributed by atoms with van der Waals surface area (Å²) in [7, 11) is 2.41. The van der Waals surface area contributed by atoms with E-state index < -0.39 is 78.1 Å². The number of H-pyrrole nitrogens is 1. The number of esters is 1. The molecule has 4 N–H and O–H groups in total. The van der Waals surface area contributed by atoms with E-state index in [-0.39, 0.29) is 5.76 Å². The van der Waals surface area contributed by atoms with Gasteiger partial charge >= 0.3 is 11.7 Å². The highest BCUT2D eigenvalue weighted by molar-refractivity contribution is 5.86. The number of hydrogen-bond donors (Lipinski definition) is 3. The zero-order valence-corrected chi connectivity index (χ0v) is 19.8. The van der Waals surface area contributed by atoms with Gasteiger partial charge in [0.05, 0.1) is 7.11 Å². The number of methoxy groups -OCH3 is 2. The van der Waals surface area contributed by atoms with Crippen LogP contribution in [-0.4, -0.2) is 89.5 Å². The largest absolute Gasteiger partial charge is 0.463 e. The first-order chi connectivity index (χ1) is 17.0. The Balaban J connectivity index is 1.63. The molecule has 15 nitrogen and oxygen atoms in total. The zero-order chi connectivity index (χ0) is 26.4. The predicted octanol–water partition coefficient (Wildman–Crippen LogP) is -2.39. The maximum absolute atomic E-state index is 12.5. The van der Waals surface area contributed by atoms with Crippen LogP contribution >= 0.6 is 0 Å². The summed E-state index contributed by atoms with van der Waals surface area (Å²) in [5.74, 6) is -3.14. The third-order valence-corrected chi connectivity index (χ3v) is 5.88. The zero-order valence-electron chi connectivity index (χ0n) is 19.8. The third kappa shape index (κ3) is 4.80. The van der Waals surface area contributed by atoms with Crippen LogP contribution in [0.2, 0.25) is 0 Å². The summed E-state index contributed by atoms with van der Waals surface area (Å²) in [6.45, 7) is 3.28. The molecule has 4 rings (SSSR count). The number of nitrogens with one attached hydrogen (secondary N) is 1. The minimum atomic E-state index is -1.61. The van der Waals surface area contributed by atoms with Crippen LogP contribution in [0.4, 0.5) is 0 Å². The number of carbonyl (C=O) groups is 2. The monoisotopic (exact) mass is 513 g/mol. The van der Waals surface area contributed by atoms with Crippen LogP contribution < -0.4 is 17.0 Å². The Morgan fingerprint density at radius 1 is 1.25 bits per heavy atom. The van der Waals surface area contributed by atoms with Gasteiger partial charge in [-0.15, -0.1) is 0 Å². The number of carbonyl (C=O) groups excluding carboxylic acids is 2. The number of primary amides is 1. The number of rotatable bonds is 7. The Morgan fingerprint density at radius 3 is 2.58 bits per heavy atom. The van der Waals surface area contributed by atoms with E-state index in [1.165, 1.54) is 13.2 Å². The Morgan fingerprint density at radius 2 is 1.97 bits per heavy atom. The molecular formula is C21H27N3O12. The number of nitrogens with two attached hydrogens (primary N) is 1. The van der Waals surface area contributed by atoms with E-state index in [2.05, 4.69) is 4.98 Å². The van der Waals surface area contributed by atoms with Crippen molar-refractivity contribution in [2.75, 3.05) is 14.2 Å². The van der Waals surface area contributed by atoms with Crippen molar-refractivity contribution in [2.45, 2.75) is 68.8 Å². The second kappa shape index (κ2) is 9.76. The van der Waals surface area contributed by atoms with Gasteiger partial charge in [-0.05, 0) is 19.9 Å². The van der Waals surface area contributed by atoms with Crippen molar-refractivity contribution < 1.29 is 47.9 Å². The lowest BCUT2D eigenvalue weighted by atomic mass is 10.0. The molecule has 8 atom stereocenters. The lowest BCUT2D eigenvalue weighted by Gasteiger charge is -2.34. The molecule has 2 fully saturated rings. The molecule has 1 amide bonds. The quantitative estimate of drug-likeness (QED) is 0.327. The SMILES string of the molecule is COC(=O)C1=C[C@@H]2OC(C)(C)O[C@@H]2[C@@H](O[C@@H](C(N)=O)[C@H]2O[C@@H](n3ccc(=O)[nH]c3=O)[C@H](O)[C@@H]2OC)O1. The number of ether oxygens (including phenoxy) is 7. The number of aliphatic hydroxyl groups is 1. The first-order valence-electron chi connectivity index (χ1n) is 10.9. The maximum atomic E-state index is 12.5. The van der Waals surface area contributed by atoms with E-state index in [0.29, 0.717) is 0 Å². The summed E-state index contributed by atoms with van der Waals surface area (Å²) in [6, 6.07) is 1.06. The number of nitrogens with zero attached hydrogens (tertiary/aromatic N) is 1. The average molecular weight is 513 g/mol. The van der Waals surface area contributed by atoms with Crippen LogP contribution in [0.25, 0.3) is 0 Å². The second-order valence-electron chi connectivity index (χ2n) is 8.73. The fourth-order valence-corrected chi connectivity index (χ4v) is 4.36. The van der Waals surface area contributed by atoms with E-state index in [9.17, 15) is 24.3 Å². The molecular weight excluding hydrogens is 486 g/mol. The molecule has 1 aromatic rings. The number of fused-ring (bicyclic) bond motifs is 1. The van der Waals surface area contributed by atoms with Gasteiger partial charge in [-0.1, -0.05) is 0 Å². The molecule has 0 radical (unpaired) electrons. The van der Waals surface area contributed by atoms with Gasteiger partial charge in [0, 0.05) is 19.4 Å². The Labute approximate surface area is 203 Å². The number of aliphatic hydroxyl groups excluding tert-OH is 1. The first kappa shape index (κ1) is 26.0. The number of aromatic nitrogens is 2. The van der Waals surface area contributed by atoms with Crippen LogP contribution in [0, 0.1) is 0 Å². The van der Waals surface area contributed by atoms with Crippen molar-refractivity contribution >= 4 is 11.9 Å². The van der Waals surface area contributed by atoms with E-state index in [0.717, 1.165) is 23.9 Å². The molecule has 0 saturated carbocycles. The number of amides is 1. The summed E-state index contributed by atoms with van der Waals surface area (Å²) >= 11 is 0. The van der Waals surface area contributed by atoms with Crippen molar-refractivity contribution in [2.24, 2.45) is 5.73 Å². The topological polar surface area (TPSA) is 200 Å². The van der Waals surface area contributed by atoms with Gasteiger partial charge in [0.25, 0.3) is 5.56 Å². The van der Waals surface area contributed by atoms with Crippen molar-refractivity contribution in [1.82, 2.24) is 9.55 Å². The van der Waals surface area contributed by atoms with Gasteiger partial charge in [0.15, 0.2) is 24.2 Å². The van der Waals surface area contributed by atoms with Gasteiger partial charge in [-0.3, -0.25) is 19.1 Å². The highest BCUT2D eigenvalue weighted by atomic mass is 16.8. The van der Waals surface area contributed by atoms with Crippen molar-refractivity contribution in [3.05, 3.63) is 44.9 Å². The average Bonchev–Trinajstić information content (AvgIpc) is 3.30.